The number of aromatic nitrogens is 1. The Morgan fingerprint density at radius 2 is 2.28 bits per heavy atom. The monoisotopic (exact) mass is 266 g/mol. The van der Waals surface area contributed by atoms with Crippen molar-refractivity contribution in [2.24, 2.45) is 0 Å². The molecule has 0 aliphatic heterocycles. The first-order valence-corrected chi connectivity index (χ1v) is 6.64. The van der Waals surface area contributed by atoms with Crippen LogP contribution in [-0.4, -0.2) is 11.6 Å². The van der Waals surface area contributed by atoms with E-state index in [-0.39, 0.29) is 11.6 Å². The maximum absolute atomic E-state index is 13.6. The normalized spacial score (nSPS) is 10.4. The highest BCUT2D eigenvalue weighted by Crippen LogP contribution is 2.22. The summed E-state index contributed by atoms with van der Waals surface area (Å²) in [7, 11) is 0. The third-order valence-corrected chi connectivity index (χ3v) is 3.46. The number of nitrogens with zero attached hydrogens (tertiary/aromatic N) is 1. The van der Waals surface area contributed by atoms with E-state index in [1.54, 1.807) is 17.4 Å². The topological polar surface area (TPSA) is 34.1 Å². The van der Waals surface area contributed by atoms with Crippen molar-refractivity contribution in [1.82, 2.24) is 4.98 Å². The molecule has 0 unspecified atom stereocenters. The number of thiazole rings is 1. The predicted octanol–water partition coefficient (Wildman–Crippen LogP) is 3.60. The van der Waals surface area contributed by atoms with Crippen LogP contribution < -0.4 is 10.1 Å². The largest absolute Gasteiger partial charge is 0.491 e. The van der Waals surface area contributed by atoms with Crippen molar-refractivity contribution in [2.45, 2.75) is 20.4 Å². The van der Waals surface area contributed by atoms with Crippen molar-refractivity contribution in [1.29, 1.82) is 0 Å². The highest BCUT2D eigenvalue weighted by atomic mass is 32.1. The van der Waals surface area contributed by atoms with Crippen LogP contribution in [0.3, 0.4) is 0 Å². The number of aryl methyl sites for hydroxylation is 1. The first-order chi connectivity index (χ1) is 8.70. The average molecular weight is 266 g/mol. The summed E-state index contributed by atoms with van der Waals surface area (Å²) in [6.45, 7) is 4.91. The molecule has 2 aromatic rings. The number of hydrogen-bond acceptors (Lipinski definition) is 4. The number of hydrogen-bond donors (Lipinski definition) is 1. The molecule has 1 aromatic carbocycles. The maximum atomic E-state index is 13.6. The predicted molar refractivity (Wildman–Crippen MR) is 71.7 cm³/mol. The highest BCUT2D eigenvalue weighted by molar-refractivity contribution is 7.09. The van der Waals surface area contributed by atoms with Gasteiger partial charge in [-0.25, -0.2) is 9.37 Å². The standard InChI is InChI=1S/C13H15FN2OS/c1-3-17-12-5-4-10(6-11(12)14)15-7-13-9(2)16-8-18-13/h4-6,8,15H,3,7H2,1-2H3. The lowest BCUT2D eigenvalue weighted by Gasteiger charge is -2.08. The third kappa shape index (κ3) is 2.98. The number of anilines is 1. The molecule has 0 atom stereocenters. The number of rotatable bonds is 5. The summed E-state index contributed by atoms with van der Waals surface area (Å²) in [6, 6.07) is 4.90. The SMILES string of the molecule is CCOc1ccc(NCc2scnc2C)cc1F. The van der Waals surface area contributed by atoms with Crippen LogP contribution in [0.1, 0.15) is 17.5 Å². The van der Waals surface area contributed by atoms with Gasteiger partial charge in [0.25, 0.3) is 0 Å². The van der Waals surface area contributed by atoms with E-state index in [1.165, 1.54) is 6.07 Å². The molecule has 1 aromatic heterocycles. The average Bonchev–Trinajstić information content (AvgIpc) is 2.76. The summed E-state index contributed by atoms with van der Waals surface area (Å²) < 4.78 is 18.8. The number of halogens is 1. The van der Waals surface area contributed by atoms with Crippen LogP contribution >= 0.6 is 11.3 Å². The Hall–Kier alpha value is -1.62. The molecule has 1 N–H and O–H groups in total. The van der Waals surface area contributed by atoms with Gasteiger partial charge in [-0.3, -0.25) is 0 Å². The molecule has 1 heterocycles. The molecule has 0 spiro atoms. The fourth-order valence-corrected chi connectivity index (χ4v) is 2.28. The second-order valence-electron chi connectivity index (χ2n) is 3.79. The van der Waals surface area contributed by atoms with Crippen molar-refractivity contribution in [3.05, 3.63) is 40.1 Å². The van der Waals surface area contributed by atoms with E-state index in [4.69, 9.17) is 4.74 Å². The summed E-state index contributed by atoms with van der Waals surface area (Å²) >= 11 is 1.59. The Labute approximate surface area is 110 Å². The quantitative estimate of drug-likeness (QED) is 0.897. The van der Waals surface area contributed by atoms with Crippen LogP contribution in [0.15, 0.2) is 23.7 Å². The summed E-state index contributed by atoms with van der Waals surface area (Å²) in [4.78, 5) is 5.33. The van der Waals surface area contributed by atoms with Crippen molar-refractivity contribution in [3.8, 4) is 5.75 Å². The summed E-state index contributed by atoms with van der Waals surface area (Å²) in [5.41, 5.74) is 3.56. The minimum absolute atomic E-state index is 0.289. The van der Waals surface area contributed by atoms with Gasteiger partial charge in [0.05, 0.1) is 24.4 Å². The van der Waals surface area contributed by atoms with Gasteiger partial charge in [-0.05, 0) is 26.0 Å². The fraction of sp³-hybridized carbons (Fsp3) is 0.308. The van der Waals surface area contributed by atoms with E-state index in [9.17, 15) is 4.39 Å². The Bertz CT molecular complexity index is 527. The van der Waals surface area contributed by atoms with Crippen LogP contribution in [0.4, 0.5) is 10.1 Å². The van der Waals surface area contributed by atoms with Gasteiger partial charge in [-0.1, -0.05) is 0 Å². The molecule has 0 amide bonds. The Morgan fingerprint density at radius 3 is 2.89 bits per heavy atom. The number of nitrogens with one attached hydrogen (secondary N) is 1. The number of benzene rings is 1. The first-order valence-electron chi connectivity index (χ1n) is 5.76. The van der Waals surface area contributed by atoms with E-state index in [2.05, 4.69) is 10.3 Å². The molecule has 18 heavy (non-hydrogen) atoms. The fourth-order valence-electron chi connectivity index (χ4n) is 1.56. The summed E-state index contributed by atoms with van der Waals surface area (Å²) in [5, 5.41) is 3.17. The van der Waals surface area contributed by atoms with E-state index in [0.29, 0.717) is 13.2 Å². The molecule has 0 aliphatic carbocycles. The van der Waals surface area contributed by atoms with E-state index in [0.717, 1.165) is 16.3 Å². The van der Waals surface area contributed by atoms with Gasteiger partial charge in [-0.15, -0.1) is 11.3 Å². The molecule has 0 saturated carbocycles. The second-order valence-corrected chi connectivity index (χ2v) is 4.73. The molecule has 0 saturated heterocycles. The van der Waals surface area contributed by atoms with Crippen LogP contribution in [-0.2, 0) is 6.54 Å². The zero-order valence-electron chi connectivity index (χ0n) is 10.4. The van der Waals surface area contributed by atoms with Gasteiger partial charge in [0.15, 0.2) is 11.6 Å². The molecule has 0 radical (unpaired) electrons. The molecular weight excluding hydrogens is 251 g/mol. The summed E-state index contributed by atoms with van der Waals surface area (Å²) in [6.07, 6.45) is 0. The smallest absolute Gasteiger partial charge is 0.167 e. The van der Waals surface area contributed by atoms with Crippen LogP contribution in [0.5, 0.6) is 5.75 Å². The van der Waals surface area contributed by atoms with Gasteiger partial charge >= 0.3 is 0 Å². The molecule has 96 valence electrons. The van der Waals surface area contributed by atoms with Crippen LogP contribution in [0.2, 0.25) is 0 Å². The van der Waals surface area contributed by atoms with Gasteiger partial charge in [0, 0.05) is 16.6 Å². The lowest BCUT2D eigenvalue weighted by molar-refractivity contribution is 0.321. The van der Waals surface area contributed by atoms with Gasteiger partial charge in [0.1, 0.15) is 0 Å². The minimum atomic E-state index is -0.345. The van der Waals surface area contributed by atoms with Crippen molar-refractivity contribution in [3.63, 3.8) is 0 Å². The molecular formula is C13H15FN2OS. The van der Waals surface area contributed by atoms with Gasteiger partial charge in [0.2, 0.25) is 0 Å². The molecule has 0 bridgehead atoms. The Morgan fingerprint density at radius 1 is 1.44 bits per heavy atom. The Kier molecular flexibility index (Phi) is 4.15. The Balaban J connectivity index is 2.02. The molecule has 5 heteroatoms. The summed E-state index contributed by atoms with van der Waals surface area (Å²) in [5.74, 6) is -0.0557. The molecule has 0 aliphatic rings. The minimum Gasteiger partial charge on any atom is -0.491 e. The maximum Gasteiger partial charge on any atom is 0.167 e. The van der Waals surface area contributed by atoms with Crippen molar-refractivity contribution >= 4 is 17.0 Å². The molecule has 2 rings (SSSR count). The van der Waals surface area contributed by atoms with Crippen molar-refractivity contribution in [2.75, 3.05) is 11.9 Å². The second kappa shape index (κ2) is 5.82. The van der Waals surface area contributed by atoms with Gasteiger partial charge in [-0.2, -0.15) is 0 Å². The third-order valence-electron chi connectivity index (χ3n) is 2.53. The van der Waals surface area contributed by atoms with Crippen LogP contribution in [0, 0.1) is 12.7 Å². The van der Waals surface area contributed by atoms with E-state index in [1.807, 2.05) is 25.4 Å². The molecule has 0 fully saturated rings. The lowest BCUT2D eigenvalue weighted by atomic mass is 10.3. The van der Waals surface area contributed by atoms with Crippen molar-refractivity contribution < 1.29 is 9.13 Å². The lowest BCUT2D eigenvalue weighted by Crippen LogP contribution is -2.00. The van der Waals surface area contributed by atoms with E-state index < -0.39 is 0 Å². The molecule has 3 nitrogen and oxygen atoms in total. The zero-order chi connectivity index (χ0) is 13.0. The van der Waals surface area contributed by atoms with E-state index >= 15 is 0 Å². The van der Waals surface area contributed by atoms with Crippen LogP contribution in [0.25, 0.3) is 0 Å². The number of ether oxygens (including phenoxy) is 1. The first kappa shape index (κ1) is 12.8. The van der Waals surface area contributed by atoms with Gasteiger partial charge < -0.3 is 10.1 Å². The zero-order valence-corrected chi connectivity index (χ0v) is 11.2. The highest BCUT2D eigenvalue weighted by Gasteiger charge is 2.05.